The van der Waals surface area contributed by atoms with E-state index in [0.29, 0.717) is 0 Å². The largest absolute Gasteiger partial charge is 0.416 e. The van der Waals surface area contributed by atoms with Crippen LogP contribution in [0.2, 0.25) is 0 Å². The minimum Gasteiger partial charge on any atom is -0.294 e. The average Bonchev–Trinajstić information content (AvgIpc) is 2.14. The van der Waals surface area contributed by atoms with Crippen LogP contribution in [0.25, 0.3) is 0 Å². The molecule has 0 heterocycles. The third-order valence-corrected chi connectivity index (χ3v) is 1.87. The van der Waals surface area contributed by atoms with E-state index < -0.39 is 34.8 Å². The molecular formula is C10H4F6O. The predicted molar refractivity (Wildman–Crippen MR) is 45.1 cm³/mol. The van der Waals surface area contributed by atoms with E-state index in [4.69, 9.17) is 0 Å². The molecule has 0 aromatic heterocycles. The molecule has 0 aliphatic rings. The Morgan fingerprint density at radius 2 is 1.24 bits per heavy atom. The van der Waals surface area contributed by atoms with Gasteiger partial charge >= 0.3 is 12.4 Å². The van der Waals surface area contributed by atoms with Gasteiger partial charge in [-0.25, -0.2) is 0 Å². The molecule has 1 rings (SSSR count). The first kappa shape index (κ1) is 13.5. The summed E-state index contributed by atoms with van der Waals surface area (Å²) in [4.78, 5) is 10.6. The summed E-state index contributed by atoms with van der Waals surface area (Å²) in [5, 5.41) is 0. The highest BCUT2D eigenvalue weighted by Gasteiger charge is 2.37. The number of hydrogen-bond acceptors (Lipinski definition) is 1. The van der Waals surface area contributed by atoms with Crippen LogP contribution in [0, 0.1) is 6.92 Å². The van der Waals surface area contributed by atoms with Gasteiger partial charge in [-0.3, -0.25) is 4.79 Å². The number of ketones is 1. The summed E-state index contributed by atoms with van der Waals surface area (Å²) in [6.45, 7) is 4.66. The number of benzene rings is 1. The van der Waals surface area contributed by atoms with Crippen molar-refractivity contribution in [1.82, 2.24) is 0 Å². The second kappa shape index (κ2) is 4.05. The molecule has 0 aliphatic heterocycles. The van der Waals surface area contributed by atoms with Crippen LogP contribution in [0.3, 0.4) is 0 Å². The zero-order valence-electron chi connectivity index (χ0n) is 7.99. The molecule has 2 radical (unpaired) electrons. The number of Topliss-reactive ketones (excluding diaryl/α,β-unsaturated/α-hetero) is 1. The first-order valence-corrected chi connectivity index (χ1v) is 4.11. The Bertz CT molecular complexity index is 411. The van der Waals surface area contributed by atoms with E-state index in [1.807, 2.05) is 0 Å². The lowest BCUT2D eigenvalue weighted by Crippen LogP contribution is -2.12. The maximum absolute atomic E-state index is 12.3. The molecule has 92 valence electrons. The van der Waals surface area contributed by atoms with Crippen molar-refractivity contribution in [3.05, 3.63) is 41.8 Å². The first-order chi connectivity index (χ1) is 7.51. The van der Waals surface area contributed by atoms with E-state index in [1.165, 1.54) is 0 Å². The van der Waals surface area contributed by atoms with E-state index >= 15 is 0 Å². The molecule has 0 saturated carbocycles. The van der Waals surface area contributed by atoms with Gasteiger partial charge in [0.25, 0.3) is 0 Å². The van der Waals surface area contributed by atoms with Gasteiger partial charge in [0.1, 0.15) is 0 Å². The molecule has 7 heteroatoms. The van der Waals surface area contributed by atoms with Crippen LogP contribution < -0.4 is 0 Å². The number of rotatable bonds is 1. The molecule has 0 unspecified atom stereocenters. The van der Waals surface area contributed by atoms with Gasteiger partial charge in [0, 0.05) is 12.5 Å². The molecule has 1 nitrogen and oxygen atoms in total. The Morgan fingerprint density at radius 3 is 1.47 bits per heavy atom. The molecule has 0 fully saturated rings. The third-order valence-electron chi connectivity index (χ3n) is 1.87. The number of hydrogen-bond donors (Lipinski definition) is 0. The summed E-state index contributed by atoms with van der Waals surface area (Å²) < 4.78 is 73.7. The molecule has 0 saturated heterocycles. The smallest absolute Gasteiger partial charge is 0.294 e. The minimum absolute atomic E-state index is 0.0769. The molecule has 0 bridgehead atoms. The maximum atomic E-state index is 12.3. The highest BCUT2D eigenvalue weighted by molar-refractivity contribution is 5.99. The fourth-order valence-electron chi connectivity index (χ4n) is 1.10. The summed E-state index contributed by atoms with van der Waals surface area (Å²) in [6.07, 6.45) is -9.96. The molecule has 17 heavy (non-hydrogen) atoms. The second-order valence-electron chi connectivity index (χ2n) is 3.16. The summed E-state index contributed by atoms with van der Waals surface area (Å²) >= 11 is 0. The summed E-state index contributed by atoms with van der Waals surface area (Å²) in [5.74, 6) is -1.36. The van der Waals surface area contributed by atoms with E-state index in [2.05, 4.69) is 6.92 Å². The van der Waals surface area contributed by atoms with Crippen molar-refractivity contribution < 1.29 is 31.1 Å². The Hall–Kier alpha value is -1.53. The number of alkyl halides is 6. The SMILES string of the molecule is [CH]C(=O)c1cc(C(F)(F)F)cc(C(F)(F)F)c1. The van der Waals surface area contributed by atoms with Crippen molar-refractivity contribution >= 4 is 5.78 Å². The van der Waals surface area contributed by atoms with Gasteiger partial charge in [-0.05, 0) is 18.2 Å². The van der Waals surface area contributed by atoms with Gasteiger partial charge in [0.05, 0.1) is 11.1 Å². The van der Waals surface area contributed by atoms with Crippen LogP contribution in [0.4, 0.5) is 26.3 Å². The van der Waals surface area contributed by atoms with Crippen LogP contribution >= 0.6 is 0 Å². The monoisotopic (exact) mass is 254 g/mol. The number of halogens is 6. The van der Waals surface area contributed by atoms with Gasteiger partial charge in [-0.15, -0.1) is 0 Å². The van der Waals surface area contributed by atoms with Gasteiger partial charge < -0.3 is 0 Å². The highest BCUT2D eigenvalue weighted by atomic mass is 19.4. The molecule has 0 atom stereocenters. The summed E-state index contributed by atoms with van der Waals surface area (Å²) in [7, 11) is 0. The molecule has 1 aromatic carbocycles. The minimum atomic E-state index is -4.98. The quantitative estimate of drug-likeness (QED) is 0.552. The Kier molecular flexibility index (Phi) is 3.22. The number of carbonyl (C=O) groups is 1. The molecule has 0 amide bonds. The molecule has 0 spiro atoms. The van der Waals surface area contributed by atoms with E-state index in [1.54, 1.807) is 0 Å². The normalized spacial score (nSPS) is 12.6. The second-order valence-corrected chi connectivity index (χ2v) is 3.16. The molecule has 0 N–H and O–H groups in total. The Morgan fingerprint density at radius 1 is 0.882 bits per heavy atom. The molecule has 1 aromatic rings. The molecular weight excluding hydrogens is 250 g/mol. The maximum Gasteiger partial charge on any atom is 0.416 e. The Labute approximate surface area is 92.0 Å². The van der Waals surface area contributed by atoms with Crippen LogP contribution in [0.5, 0.6) is 0 Å². The highest BCUT2D eigenvalue weighted by Crippen LogP contribution is 2.36. The van der Waals surface area contributed by atoms with Crippen LogP contribution in [0.15, 0.2) is 18.2 Å². The van der Waals surface area contributed by atoms with Gasteiger partial charge in [0.2, 0.25) is 0 Å². The van der Waals surface area contributed by atoms with Gasteiger partial charge in [-0.2, -0.15) is 26.3 Å². The topological polar surface area (TPSA) is 17.1 Å². The fourth-order valence-corrected chi connectivity index (χ4v) is 1.10. The lowest BCUT2D eigenvalue weighted by Gasteiger charge is -2.12. The van der Waals surface area contributed by atoms with Crippen molar-refractivity contribution in [2.45, 2.75) is 12.4 Å². The van der Waals surface area contributed by atoms with Crippen molar-refractivity contribution in [3.8, 4) is 0 Å². The van der Waals surface area contributed by atoms with E-state index in [-0.39, 0.29) is 18.2 Å². The first-order valence-electron chi connectivity index (χ1n) is 4.11. The van der Waals surface area contributed by atoms with Crippen molar-refractivity contribution in [2.75, 3.05) is 0 Å². The number of carbonyl (C=O) groups excluding carboxylic acids is 1. The van der Waals surface area contributed by atoms with Crippen LogP contribution in [-0.4, -0.2) is 5.78 Å². The Balaban J connectivity index is 3.45. The lowest BCUT2D eigenvalue weighted by molar-refractivity contribution is -0.143. The van der Waals surface area contributed by atoms with Gasteiger partial charge in [-0.1, -0.05) is 0 Å². The molecule has 0 aliphatic carbocycles. The third kappa shape index (κ3) is 3.21. The summed E-state index contributed by atoms with van der Waals surface area (Å²) in [5.41, 5.74) is -3.98. The standard InChI is InChI=1S/C10H4F6O/c1-5(17)6-2-7(9(11,12)13)4-8(3-6)10(14,15)16/h1-4H. The van der Waals surface area contributed by atoms with Crippen LogP contribution in [0.1, 0.15) is 21.5 Å². The lowest BCUT2D eigenvalue weighted by atomic mass is 10.0. The van der Waals surface area contributed by atoms with E-state index in [9.17, 15) is 31.1 Å². The van der Waals surface area contributed by atoms with Crippen LogP contribution in [-0.2, 0) is 12.4 Å². The van der Waals surface area contributed by atoms with Crippen molar-refractivity contribution in [1.29, 1.82) is 0 Å². The fraction of sp³-hybridized carbons (Fsp3) is 0.200. The zero-order chi connectivity index (χ0) is 13.4. The van der Waals surface area contributed by atoms with E-state index in [0.717, 1.165) is 0 Å². The van der Waals surface area contributed by atoms with Crippen molar-refractivity contribution in [2.24, 2.45) is 0 Å². The van der Waals surface area contributed by atoms with Gasteiger partial charge in [0.15, 0.2) is 5.78 Å². The summed E-state index contributed by atoms with van der Waals surface area (Å²) in [6, 6.07) is 0.474. The zero-order valence-corrected chi connectivity index (χ0v) is 7.99. The van der Waals surface area contributed by atoms with Crippen molar-refractivity contribution in [3.63, 3.8) is 0 Å². The predicted octanol–water partition coefficient (Wildman–Crippen LogP) is 3.62. The average molecular weight is 254 g/mol.